The standard InChI is InChI=1S/C27H40N4O/c1-10-21(11-2)31-24-22(27(12-3,13-4)25(31)32)20(9)28-26(29-24)30(14-5)23-18(7)15-17(6)16-19(23)8/h15-16,21H,10-14H2,1-9H3. The molecule has 1 amide bonds. The number of carbonyl (C=O) groups excluding carboxylic acids is 1. The van der Waals surface area contributed by atoms with Gasteiger partial charge >= 0.3 is 0 Å². The highest BCUT2D eigenvalue weighted by Gasteiger charge is 2.52. The lowest BCUT2D eigenvalue weighted by Gasteiger charge is -2.30. The van der Waals surface area contributed by atoms with E-state index >= 15 is 0 Å². The van der Waals surface area contributed by atoms with Crippen LogP contribution in [0.2, 0.25) is 0 Å². The first kappa shape index (κ1) is 24.2. The van der Waals surface area contributed by atoms with Crippen molar-refractivity contribution in [3.8, 4) is 0 Å². The van der Waals surface area contributed by atoms with Crippen molar-refractivity contribution < 1.29 is 4.79 Å². The van der Waals surface area contributed by atoms with Gasteiger partial charge in [0.05, 0.1) is 5.41 Å². The van der Waals surface area contributed by atoms with Crippen LogP contribution in [0.4, 0.5) is 17.5 Å². The van der Waals surface area contributed by atoms with Crippen molar-refractivity contribution >= 4 is 23.4 Å². The average molecular weight is 437 g/mol. The molecule has 0 N–H and O–H groups in total. The van der Waals surface area contributed by atoms with Gasteiger partial charge in [0.2, 0.25) is 11.9 Å². The van der Waals surface area contributed by atoms with Gasteiger partial charge in [-0.05, 0) is 71.4 Å². The van der Waals surface area contributed by atoms with Gasteiger partial charge in [-0.1, -0.05) is 45.4 Å². The second-order valence-corrected chi connectivity index (χ2v) is 9.23. The number of anilines is 3. The van der Waals surface area contributed by atoms with Crippen LogP contribution < -0.4 is 9.80 Å². The Morgan fingerprint density at radius 3 is 1.97 bits per heavy atom. The van der Waals surface area contributed by atoms with Gasteiger partial charge in [-0.15, -0.1) is 0 Å². The molecule has 3 rings (SSSR count). The lowest BCUT2D eigenvalue weighted by molar-refractivity contribution is -0.124. The fourth-order valence-electron chi connectivity index (χ4n) is 5.73. The van der Waals surface area contributed by atoms with E-state index in [1.165, 1.54) is 16.7 Å². The maximum absolute atomic E-state index is 13.9. The van der Waals surface area contributed by atoms with Gasteiger partial charge in [0, 0.05) is 29.5 Å². The third kappa shape index (κ3) is 3.60. The normalized spacial score (nSPS) is 14.9. The maximum Gasteiger partial charge on any atom is 0.239 e. The average Bonchev–Trinajstić information content (AvgIpc) is 3.00. The monoisotopic (exact) mass is 436 g/mol. The fraction of sp³-hybridized carbons (Fsp3) is 0.593. The minimum absolute atomic E-state index is 0.154. The van der Waals surface area contributed by atoms with Crippen molar-refractivity contribution in [1.29, 1.82) is 0 Å². The van der Waals surface area contributed by atoms with Crippen molar-refractivity contribution in [3.63, 3.8) is 0 Å². The number of benzene rings is 1. The van der Waals surface area contributed by atoms with Crippen molar-refractivity contribution in [1.82, 2.24) is 9.97 Å². The topological polar surface area (TPSA) is 49.3 Å². The largest absolute Gasteiger partial charge is 0.310 e. The first-order chi connectivity index (χ1) is 15.2. The third-order valence-corrected chi connectivity index (χ3v) is 7.37. The summed E-state index contributed by atoms with van der Waals surface area (Å²) >= 11 is 0. The molecule has 0 aliphatic carbocycles. The number of fused-ring (bicyclic) bond motifs is 1. The van der Waals surface area contributed by atoms with Crippen molar-refractivity contribution in [2.45, 2.75) is 99.5 Å². The molecular weight excluding hydrogens is 396 g/mol. The van der Waals surface area contributed by atoms with Crippen LogP contribution in [0.5, 0.6) is 0 Å². The number of hydrogen-bond donors (Lipinski definition) is 0. The van der Waals surface area contributed by atoms with Crippen molar-refractivity contribution in [2.24, 2.45) is 0 Å². The van der Waals surface area contributed by atoms with E-state index in [0.717, 1.165) is 55.0 Å². The highest BCUT2D eigenvalue weighted by Crippen LogP contribution is 2.48. The van der Waals surface area contributed by atoms with Crippen LogP contribution in [-0.4, -0.2) is 28.5 Å². The van der Waals surface area contributed by atoms with Gasteiger partial charge in [-0.2, -0.15) is 4.98 Å². The second-order valence-electron chi connectivity index (χ2n) is 9.23. The van der Waals surface area contributed by atoms with Gasteiger partial charge in [0.25, 0.3) is 0 Å². The molecule has 5 heteroatoms. The molecule has 1 aromatic carbocycles. The van der Waals surface area contributed by atoms with E-state index in [4.69, 9.17) is 9.97 Å². The van der Waals surface area contributed by atoms with Crippen LogP contribution in [0.1, 0.15) is 88.2 Å². The lowest BCUT2D eigenvalue weighted by atomic mass is 9.76. The lowest BCUT2D eigenvalue weighted by Crippen LogP contribution is -2.44. The molecule has 5 nitrogen and oxygen atoms in total. The summed E-state index contributed by atoms with van der Waals surface area (Å²) in [5.74, 6) is 1.72. The first-order valence-corrected chi connectivity index (χ1v) is 12.3. The molecule has 0 unspecified atom stereocenters. The van der Waals surface area contributed by atoms with E-state index in [1.54, 1.807) is 0 Å². The molecule has 0 saturated heterocycles. The summed E-state index contributed by atoms with van der Waals surface area (Å²) in [6.07, 6.45) is 3.36. The number of amides is 1. The SMILES string of the molecule is CCC(CC)N1C(=O)C(CC)(CC)c2c(C)nc(N(CC)c3c(C)cc(C)cc3C)nc21. The number of hydrogen-bond acceptors (Lipinski definition) is 4. The van der Waals surface area contributed by atoms with Gasteiger partial charge < -0.3 is 4.90 Å². The maximum atomic E-state index is 13.9. The Morgan fingerprint density at radius 2 is 1.50 bits per heavy atom. The Kier molecular flexibility index (Phi) is 6.97. The Labute approximate surface area is 194 Å². The molecule has 0 fully saturated rings. The first-order valence-electron chi connectivity index (χ1n) is 12.3. The van der Waals surface area contributed by atoms with Crippen molar-refractivity contribution in [2.75, 3.05) is 16.3 Å². The molecule has 0 radical (unpaired) electrons. The minimum Gasteiger partial charge on any atom is -0.310 e. The Hall–Kier alpha value is -2.43. The fourth-order valence-corrected chi connectivity index (χ4v) is 5.73. The van der Waals surface area contributed by atoms with E-state index in [0.29, 0.717) is 5.95 Å². The van der Waals surface area contributed by atoms with Crippen LogP contribution in [0.3, 0.4) is 0 Å². The third-order valence-electron chi connectivity index (χ3n) is 7.37. The molecule has 0 saturated carbocycles. The molecule has 1 aromatic heterocycles. The Bertz CT molecular complexity index is 982. The zero-order chi connectivity index (χ0) is 23.8. The molecule has 0 spiro atoms. The number of aryl methyl sites for hydroxylation is 4. The molecule has 0 bridgehead atoms. The van der Waals surface area contributed by atoms with E-state index < -0.39 is 5.41 Å². The van der Waals surface area contributed by atoms with E-state index in [9.17, 15) is 4.79 Å². The van der Waals surface area contributed by atoms with Crippen LogP contribution in [0.25, 0.3) is 0 Å². The van der Waals surface area contributed by atoms with Crippen LogP contribution >= 0.6 is 0 Å². The van der Waals surface area contributed by atoms with Gasteiger partial charge in [0.15, 0.2) is 0 Å². The van der Waals surface area contributed by atoms with Gasteiger partial charge in [0.1, 0.15) is 5.82 Å². The minimum atomic E-state index is -0.521. The van der Waals surface area contributed by atoms with Gasteiger partial charge in [-0.3, -0.25) is 9.69 Å². The zero-order valence-corrected chi connectivity index (χ0v) is 21.5. The molecule has 174 valence electrons. The predicted molar refractivity (Wildman–Crippen MR) is 134 cm³/mol. The summed E-state index contributed by atoms with van der Waals surface area (Å²) in [6.45, 7) is 19.9. The quantitative estimate of drug-likeness (QED) is 0.476. The highest BCUT2D eigenvalue weighted by atomic mass is 16.2. The molecule has 0 atom stereocenters. The van der Waals surface area contributed by atoms with Crippen LogP contribution in [0, 0.1) is 27.7 Å². The molecule has 2 heterocycles. The van der Waals surface area contributed by atoms with E-state index in [-0.39, 0.29) is 11.9 Å². The van der Waals surface area contributed by atoms with Gasteiger partial charge in [-0.25, -0.2) is 4.98 Å². The Balaban J connectivity index is 2.28. The second kappa shape index (κ2) is 9.21. The zero-order valence-electron chi connectivity index (χ0n) is 21.5. The number of rotatable bonds is 8. The Morgan fingerprint density at radius 1 is 0.938 bits per heavy atom. The molecule has 1 aliphatic heterocycles. The number of carbonyl (C=O) groups is 1. The molecule has 1 aliphatic rings. The van der Waals surface area contributed by atoms with Crippen LogP contribution in [-0.2, 0) is 10.2 Å². The molecule has 32 heavy (non-hydrogen) atoms. The van der Waals surface area contributed by atoms with E-state index in [1.807, 2.05) is 4.90 Å². The summed E-state index contributed by atoms with van der Waals surface area (Å²) in [6, 6.07) is 4.58. The summed E-state index contributed by atoms with van der Waals surface area (Å²) < 4.78 is 0. The molecule has 2 aromatic rings. The summed E-state index contributed by atoms with van der Waals surface area (Å²) in [5.41, 5.74) is 6.30. The van der Waals surface area contributed by atoms with Crippen LogP contribution in [0.15, 0.2) is 12.1 Å². The smallest absolute Gasteiger partial charge is 0.239 e. The summed E-state index contributed by atoms with van der Waals surface area (Å²) in [4.78, 5) is 28.2. The highest BCUT2D eigenvalue weighted by molar-refractivity contribution is 6.08. The predicted octanol–water partition coefficient (Wildman–Crippen LogP) is 6.46. The number of aromatic nitrogens is 2. The van der Waals surface area contributed by atoms with E-state index in [2.05, 4.69) is 79.3 Å². The summed E-state index contributed by atoms with van der Waals surface area (Å²) in [7, 11) is 0. The number of nitrogens with zero attached hydrogens (tertiary/aromatic N) is 4. The summed E-state index contributed by atoms with van der Waals surface area (Å²) in [5, 5.41) is 0. The molecular formula is C27H40N4O. The van der Waals surface area contributed by atoms with Crippen molar-refractivity contribution in [3.05, 3.63) is 40.1 Å².